The second-order valence-corrected chi connectivity index (χ2v) is 6.06. The fraction of sp³-hybridized carbons (Fsp3) is 0.438. The van der Waals surface area contributed by atoms with Crippen LogP contribution in [0, 0.1) is 11.8 Å². The number of aromatic nitrogens is 2. The average Bonchev–Trinajstić information content (AvgIpc) is 2.46. The van der Waals surface area contributed by atoms with Crippen LogP contribution in [0.25, 0.3) is 5.65 Å². The summed E-state index contributed by atoms with van der Waals surface area (Å²) < 4.78 is 1.42. The monoisotopic (exact) mass is 285 g/mol. The predicted molar refractivity (Wildman–Crippen MR) is 80.3 cm³/mol. The van der Waals surface area contributed by atoms with E-state index in [2.05, 4.69) is 18.8 Å². The summed E-state index contributed by atoms with van der Waals surface area (Å²) in [4.78, 5) is 31.1. The van der Waals surface area contributed by atoms with Gasteiger partial charge in [0.25, 0.3) is 11.5 Å². The van der Waals surface area contributed by atoms with Crippen LogP contribution >= 0.6 is 0 Å². The summed E-state index contributed by atoms with van der Waals surface area (Å²) in [6.07, 6.45) is 4.17. The smallest absolute Gasteiger partial charge is 0.270 e. The van der Waals surface area contributed by atoms with Gasteiger partial charge in [0.2, 0.25) is 0 Å². The second kappa shape index (κ2) is 5.31. The van der Waals surface area contributed by atoms with Gasteiger partial charge in [-0.1, -0.05) is 19.9 Å². The highest BCUT2D eigenvalue weighted by atomic mass is 16.2. The first kappa shape index (κ1) is 13.8. The Kier molecular flexibility index (Phi) is 3.49. The molecule has 3 rings (SSSR count). The molecule has 0 spiro atoms. The zero-order valence-corrected chi connectivity index (χ0v) is 12.3. The molecular formula is C16H19N3O2. The highest BCUT2D eigenvalue weighted by molar-refractivity contribution is 5.93. The molecule has 3 heterocycles. The van der Waals surface area contributed by atoms with Gasteiger partial charge in [-0.15, -0.1) is 0 Å². The van der Waals surface area contributed by atoms with Gasteiger partial charge in [-0.05, 0) is 30.4 Å². The first-order valence-electron chi connectivity index (χ1n) is 7.32. The first-order chi connectivity index (χ1) is 10.1. The Morgan fingerprint density at radius 2 is 1.95 bits per heavy atom. The zero-order valence-electron chi connectivity index (χ0n) is 12.3. The Hall–Kier alpha value is -2.17. The highest BCUT2D eigenvalue weighted by Gasteiger charge is 2.27. The number of amides is 1. The van der Waals surface area contributed by atoms with E-state index in [1.807, 2.05) is 6.07 Å². The fourth-order valence-corrected chi connectivity index (χ4v) is 3.17. The number of likely N-dealkylation sites (tertiary alicyclic amines) is 1. The maximum absolute atomic E-state index is 12.6. The van der Waals surface area contributed by atoms with Gasteiger partial charge in [0.05, 0.1) is 0 Å². The van der Waals surface area contributed by atoms with E-state index in [9.17, 15) is 9.59 Å². The van der Waals surface area contributed by atoms with Crippen LogP contribution in [0.2, 0.25) is 0 Å². The Morgan fingerprint density at radius 1 is 1.24 bits per heavy atom. The molecule has 1 aliphatic heterocycles. The lowest BCUT2D eigenvalue weighted by Gasteiger charge is -2.34. The summed E-state index contributed by atoms with van der Waals surface area (Å²) in [5, 5.41) is 0. The van der Waals surface area contributed by atoms with Crippen LogP contribution in [0.15, 0.2) is 35.4 Å². The van der Waals surface area contributed by atoms with Crippen molar-refractivity contribution < 1.29 is 4.79 Å². The molecule has 21 heavy (non-hydrogen) atoms. The van der Waals surface area contributed by atoms with Crippen molar-refractivity contribution >= 4 is 11.6 Å². The van der Waals surface area contributed by atoms with Crippen molar-refractivity contribution in [2.75, 3.05) is 13.1 Å². The Balaban J connectivity index is 1.98. The molecule has 0 aliphatic carbocycles. The van der Waals surface area contributed by atoms with E-state index >= 15 is 0 Å². The summed E-state index contributed by atoms with van der Waals surface area (Å²) >= 11 is 0. The van der Waals surface area contributed by atoms with Gasteiger partial charge in [0, 0.05) is 25.5 Å². The Morgan fingerprint density at radius 3 is 2.67 bits per heavy atom. The molecule has 1 aliphatic rings. The molecule has 1 saturated heterocycles. The number of rotatable bonds is 1. The van der Waals surface area contributed by atoms with E-state index in [0.29, 0.717) is 30.6 Å². The maximum atomic E-state index is 12.6. The number of hydrogen-bond acceptors (Lipinski definition) is 3. The molecule has 1 amide bonds. The lowest BCUT2D eigenvalue weighted by molar-refractivity contribution is 0.0620. The normalized spacial score (nSPS) is 22.5. The number of pyridine rings is 1. The summed E-state index contributed by atoms with van der Waals surface area (Å²) in [6, 6.07) is 5.33. The molecule has 0 saturated carbocycles. The van der Waals surface area contributed by atoms with Crippen LogP contribution in [-0.2, 0) is 0 Å². The SMILES string of the molecule is CC1CC(C)CN(C(=O)c2cnc3ccccn3c2=O)C1. The van der Waals surface area contributed by atoms with Crippen LogP contribution in [0.1, 0.15) is 30.6 Å². The molecule has 2 aromatic rings. The van der Waals surface area contributed by atoms with Crippen molar-refractivity contribution in [3.63, 3.8) is 0 Å². The van der Waals surface area contributed by atoms with E-state index in [1.165, 1.54) is 10.6 Å². The quantitative estimate of drug-likeness (QED) is 0.803. The number of fused-ring (bicyclic) bond motifs is 1. The van der Waals surface area contributed by atoms with Crippen LogP contribution in [0.4, 0.5) is 0 Å². The molecule has 0 N–H and O–H groups in total. The number of piperidine rings is 1. The van der Waals surface area contributed by atoms with Crippen molar-refractivity contribution in [1.82, 2.24) is 14.3 Å². The van der Waals surface area contributed by atoms with Gasteiger partial charge in [0.15, 0.2) is 0 Å². The van der Waals surface area contributed by atoms with Crippen LogP contribution in [0.5, 0.6) is 0 Å². The minimum atomic E-state index is -0.295. The van der Waals surface area contributed by atoms with E-state index in [1.54, 1.807) is 23.2 Å². The number of carbonyl (C=O) groups is 1. The fourth-order valence-electron chi connectivity index (χ4n) is 3.17. The van der Waals surface area contributed by atoms with E-state index in [0.717, 1.165) is 6.42 Å². The molecule has 2 atom stereocenters. The number of hydrogen-bond donors (Lipinski definition) is 0. The highest BCUT2D eigenvalue weighted by Crippen LogP contribution is 2.21. The van der Waals surface area contributed by atoms with Gasteiger partial charge in [0.1, 0.15) is 11.2 Å². The standard InChI is InChI=1S/C16H19N3O2/c1-11-7-12(2)10-18(9-11)15(20)13-8-17-14-5-3-4-6-19(14)16(13)21/h3-6,8,11-12H,7,9-10H2,1-2H3. The molecule has 2 unspecified atom stereocenters. The lowest BCUT2D eigenvalue weighted by Crippen LogP contribution is -2.44. The molecule has 5 heteroatoms. The van der Waals surface area contributed by atoms with E-state index in [4.69, 9.17) is 0 Å². The summed E-state index contributed by atoms with van der Waals surface area (Å²) in [6.45, 7) is 5.70. The van der Waals surface area contributed by atoms with Crippen molar-refractivity contribution in [1.29, 1.82) is 0 Å². The van der Waals surface area contributed by atoms with Gasteiger partial charge in [-0.3, -0.25) is 14.0 Å². The van der Waals surface area contributed by atoms with Crippen LogP contribution in [-0.4, -0.2) is 33.3 Å². The first-order valence-corrected chi connectivity index (χ1v) is 7.32. The molecule has 0 bridgehead atoms. The molecule has 2 aromatic heterocycles. The van der Waals surface area contributed by atoms with Crippen molar-refractivity contribution in [2.24, 2.45) is 11.8 Å². The van der Waals surface area contributed by atoms with Gasteiger partial charge in [-0.2, -0.15) is 0 Å². The van der Waals surface area contributed by atoms with Crippen LogP contribution in [0.3, 0.4) is 0 Å². The van der Waals surface area contributed by atoms with Crippen molar-refractivity contribution in [3.8, 4) is 0 Å². The minimum Gasteiger partial charge on any atom is -0.338 e. The average molecular weight is 285 g/mol. The second-order valence-electron chi connectivity index (χ2n) is 6.06. The Labute approximate surface area is 123 Å². The number of carbonyl (C=O) groups excluding carboxylic acids is 1. The van der Waals surface area contributed by atoms with Gasteiger partial charge < -0.3 is 4.90 Å². The van der Waals surface area contributed by atoms with Crippen molar-refractivity contribution in [2.45, 2.75) is 20.3 Å². The summed E-state index contributed by atoms with van der Waals surface area (Å²) in [5.74, 6) is 0.729. The molecule has 1 fully saturated rings. The van der Waals surface area contributed by atoms with Crippen LogP contribution < -0.4 is 5.56 Å². The molecule has 110 valence electrons. The van der Waals surface area contributed by atoms with Crippen molar-refractivity contribution in [3.05, 3.63) is 46.5 Å². The topological polar surface area (TPSA) is 54.7 Å². The maximum Gasteiger partial charge on any atom is 0.270 e. The summed E-state index contributed by atoms with van der Waals surface area (Å²) in [7, 11) is 0. The van der Waals surface area contributed by atoms with E-state index in [-0.39, 0.29) is 17.0 Å². The predicted octanol–water partition coefficient (Wildman–Crippen LogP) is 1.81. The molecular weight excluding hydrogens is 266 g/mol. The van der Waals surface area contributed by atoms with E-state index < -0.39 is 0 Å². The minimum absolute atomic E-state index is 0.153. The molecule has 0 aromatic carbocycles. The third-order valence-electron chi connectivity index (χ3n) is 4.00. The summed E-state index contributed by atoms with van der Waals surface area (Å²) in [5.41, 5.74) is 0.413. The lowest BCUT2D eigenvalue weighted by atomic mass is 9.91. The van der Waals surface area contributed by atoms with Gasteiger partial charge >= 0.3 is 0 Å². The molecule has 5 nitrogen and oxygen atoms in total. The third kappa shape index (κ3) is 2.55. The molecule has 0 radical (unpaired) electrons. The Bertz CT molecular complexity index is 728. The van der Waals surface area contributed by atoms with Gasteiger partial charge in [-0.25, -0.2) is 4.98 Å². The zero-order chi connectivity index (χ0) is 15.0. The third-order valence-corrected chi connectivity index (χ3v) is 4.00. The number of nitrogens with zero attached hydrogens (tertiary/aromatic N) is 3. The largest absolute Gasteiger partial charge is 0.338 e.